The zero-order valence-electron chi connectivity index (χ0n) is 23.0. The zero-order chi connectivity index (χ0) is 26.7. The van der Waals surface area contributed by atoms with Crippen LogP contribution >= 0.6 is 0 Å². The van der Waals surface area contributed by atoms with Crippen molar-refractivity contribution < 1.29 is 14.3 Å². The van der Waals surface area contributed by atoms with Gasteiger partial charge in [-0.1, -0.05) is 6.07 Å². The molecule has 204 valence electrons. The van der Waals surface area contributed by atoms with Crippen molar-refractivity contribution in [3.05, 3.63) is 40.8 Å². The van der Waals surface area contributed by atoms with Crippen molar-refractivity contribution >= 4 is 28.5 Å². The van der Waals surface area contributed by atoms with Crippen LogP contribution in [0.1, 0.15) is 78.6 Å². The molecule has 1 aliphatic heterocycles. The Morgan fingerprint density at radius 3 is 2.37 bits per heavy atom. The molecule has 7 nitrogen and oxygen atoms in total. The Bertz CT molecular complexity index is 1270. The van der Waals surface area contributed by atoms with E-state index in [1.807, 2.05) is 45.0 Å². The number of ether oxygens (including phenoxy) is 1. The summed E-state index contributed by atoms with van der Waals surface area (Å²) >= 11 is 0. The fourth-order valence-electron chi connectivity index (χ4n) is 8.43. The van der Waals surface area contributed by atoms with Crippen molar-refractivity contribution in [3.8, 4) is 0 Å². The Balaban J connectivity index is 1.17. The SMILES string of the molecule is CC(C)(C)OC(=O)N1CCC[C@@H]1Cn1ccc2c(NC(=O)CC34CC5CC(CC(C5)C3)C4)cccc2c1=O. The Labute approximate surface area is 224 Å². The molecule has 1 N–H and O–H groups in total. The highest BCUT2D eigenvalue weighted by atomic mass is 16.6. The number of hydrogen-bond donors (Lipinski definition) is 1. The van der Waals surface area contributed by atoms with E-state index in [0.29, 0.717) is 30.6 Å². The predicted octanol–water partition coefficient (Wildman–Crippen LogP) is 5.95. The molecule has 1 aromatic heterocycles. The molecule has 1 saturated heterocycles. The van der Waals surface area contributed by atoms with Gasteiger partial charge in [0.1, 0.15) is 5.60 Å². The van der Waals surface area contributed by atoms with Crippen LogP contribution in [0.5, 0.6) is 0 Å². The van der Waals surface area contributed by atoms with Gasteiger partial charge in [-0.05, 0) is 114 Å². The van der Waals surface area contributed by atoms with E-state index in [-0.39, 0.29) is 29.0 Å². The number of hydrogen-bond acceptors (Lipinski definition) is 4. The number of rotatable bonds is 5. The van der Waals surface area contributed by atoms with Gasteiger partial charge in [0.25, 0.3) is 5.56 Å². The van der Waals surface area contributed by atoms with Gasteiger partial charge in [0, 0.05) is 42.2 Å². The molecule has 0 unspecified atom stereocenters. The van der Waals surface area contributed by atoms with E-state index >= 15 is 0 Å². The number of carbonyl (C=O) groups is 2. The summed E-state index contributed by atoms with van der Waals surface area (Å²) in [5.74, 6) is 2.52. The van der Waals surface area contributed by atoms with E-state index in [2.05, 4.69) is 5.32 Å². The van der Waals surface area contributed by atoms with Gasteiger partial charge in [-0.2, -0.15) is 0 Å². The summed E-state index contributed by atoms with van der Waals surface area (Å²) in [6.45, 7) is 6.66. The lowest BCUT2D eigenvalue weighted by atomic mass is 9.49. The molecular weight excluding hydrogens is 478 g/mol. The van der Waals surface area contributed by atoms with Gasteiger partial charge in [-0.3, -0.25) is 9.59 Å². The van der Waals surface area contributed by atoms with E-state index in [9.17, 15) is 14.4 Å². The summed E-state index contributed by atoms with van der Waals surface area (Å²) in [5, 5.41) is 4.52. The molecular formula is C31H41N3O4. The maximum atomic E-state index is 13.5. The molecule has 1 aromatic carbocycles. The van der Waals surface area contributed by atoms with E-state index in [1.54, 1.807) is 15.7 Å². The number of fused-ring (bicyclic) bond motifs is 1. The Morgan fingerprint density at radius 2 is 1.71 bits per heavy atom. The number of anilines is 1. The van der Waals surface area contributed by atoms with Crippen LogP contribution in [-0.4, -0.2) is 39.7 Å². The molecule has 0 spiro atoms. The van der Waals surface area contributed by atoms with Crippen molar-refractivity contribution in [2.75, 3.05) is 11.9 Å². The molecule has 5 fully saturated rings. The molecule has 5 aliphatic rings. The van der Waals surface area contributed by atoms with Crippen molar-refractivity contribution in [2.24, 2.45) is 23.2 Å². The number of aromatic nitrogens is 1. The van der Waals surface area contributed by atoms with Crippen LogP contribution in [0.25, 0.3) is 10.8 Å². The highest BCUT2D eigenvalue weighted by Crippen LogP contribution is 2.61. The van der Waals surface area contributed by atoms with Crippen LogP contribution in [0, 0.1) is 23.2 Å². The number of nitrogens with zero attached hydrogens (tertiary/aromatic N) is 2. The number of pyridine rings is 1. The van der Waals surface area contributed by atoms with Crippen LogP contribution in [-0.2, 0) is 16.1 Å². The van der Waals surface area contributed by atoms with Crippen molar-refractivity contribution in [3.63, 3.8) is 0 Å². The second-order valence-electron chi connectivity index (χ2n) is 13.7. The van der Waals surface area contributed by atoms with E-state index in [0.717, 1.165) is 36.0 Å². The van der Waals surface area contributed by atoms with Gasteiger partial charge >= 0.3 is 6.09 Å². The predicted molar refractivity (Wildman–Crippen MR) is 148 cm³/mol. The fourth-order valence-corrected chi connectivity index (χ4v) is 8.43. The Kier molecular flexibility index (Phi) is 6.31. The minimum atomic E-state index is -0.555. The summed E-state index contributed by atoms with van der Waals surface area (Å²) in [4.78, 5) is 41.2. The second-order valence-corrected chi connectivity index (χ2v) is 13.7. The van der Waals surface area contributed by atoms with Crippen molar-refractivity contribution in [2.45, 2.75) is 96.7 Å². The fraction of sp³-hybridized carbons (Fsp3) is 0.645. The molecule has 38 heavy (non-hydrogen) atoms. The minimum Gasteiger partial charge on any atom is -0.444 e. The Morgan fingerprint density at radius 1 is 1.03 bits per heavy atom. The maximum absolute atomic E-state index is 13.5. The van der Waals surface area contributed by atoms with Crippen LogP contribution < -0.4 is 10.9 Å². The molecule has 2 heterocycles. The Hall–Kier alpha value is -2.83. The molecule has 2 aromatic rings. The summed E-state index contributed by atoms with van der Waals surface area (Å²) in [6.07, 6.45) is 11.5. The molecule has 4 aliphatic carbocycles. The highest BCUT2D eigenvalue weighted by Gasteiger charge is 2.51. The third kappa shape index (κ3) is 4.96. The quantitative estimate of drug-likeness (QED) is 0.530. The average Bonchev–Trinajstić information content (AvgIpc) is 3.27. The van der Waals surface area contributed by atoms with Gasteiger partial charge in [0.2, 0.25) is 5.91 Å². The third-order valence-corrected chi connectivity index (χ3v) is 9.41. The number of nitrogens with one attached hydrogen (secondary N) is 1. The first-order valence-corrected chi connectivity index (χ1v) is 14.5. The van der Waals surface area contributed by atoms with Gasteiger partial charge in [-0.15, -0.1) is 0 Å². The van der Waals surface area contributed by atoms with Gasteiger partial charge < -0.3 is 19.5 Å². The van der Waals surface area contributed by atoms with Crippen LogP contribution in [0.2, 0.25) is 0 Å². The lowest BCUT2D eigenvalue weighted by Crippen LogP contribution is -2.47. The normalized spacial score (nSPS) is 30.1. The smallest absolute Gasteiger partial charge is 0.410 e. The van der Waals surface area contributed by atoms with E-state index in [4.69, 9.17) is 4.74 Å². The summed E-state index contributed by atoms with van der Waals surface area (Å²) in [7, 11) is 0. The molecule has 4 saturated carbocycles. The molecule has 4 bridgehead atoms. The lowest BCUT2D eigenvalue weighted by Gasteiger charge is -2.56. The van der Waals surface area contributed by atoms with Crippen LogP contribution in [0.15, 0.2) is 35.3 Å². The first kappa shape index (κ1) is 25.4. The maximum Gasteiger partial charge on any atom is 0.410 e. The topological polar surface area (TPSA) is 80.6 Å². The molecule has 1 atom stereocenters. The second kappa shape index (κ2) is 9.42. The molecule has 7 rings (SSSR count). The summed E-state index contributed by atoms with van der Waals surface area (Å²) in [5.41, 5.74) is 0.228. The number of benzene rings is 1. The number of carbonyl (C=O) groups excluding carboxylic acids is 2. The average molecular weight is 520 g/mol. The highest BCUT2D eigenvalue weighted by molar-refractivity contribution is 6.02. The van der Waals surface area contributed by atoms with Gasteiger partial charge in [0.15, 0.2) is 0 Å². The lowest BCUT2D eigenvalue weighted by molar-refractivity contribution is -0.124. The first-order chi connectivity index (χ1) is 18.1. The third-order valence-electron chi connectivity index (χ3n) is 9.41. The zero-order valence-corrected chi connectivity index (χ0v) is 23.0. The number of amides is 2. The van der Waals surface area contributed by atoms with Crippen LogP contribution in [0.3, 0.4) is 0 Å². The largest absolute Gasteiger partial charge is 0.444 e. The monoisotopic (exact) mass is 519 g/mol. The van der Waals surface area contributed by atoms with Gasteiger partial charge in [-0.25, -0.2) is 4.79 Å². The summed E-state index contributed by atoms with van der Waals surface area (Å²) < 4.78 is 7.28. The standard InChI is InChI=1S/C31H41N3O4/c1-30(2,3)38-29(37)34-10-5-6-23(34)19-33-11-9-24-25(28(33)36)7-4-8-26(24)32-27(35)18-31-15-20-12-21(16-31)14-22(13-20)17-31/h4,7-9,11,20-23H,5-6,10,12-19H2,1-3H3,(H,32,35)/t20?,21?,22?,23-,31?/m1/s1. The van der Waals surface area contributed by atoms with Crippen molar-refractivity contribution in [1.82, 2.24) is 9.47 Å². The van der Waals surface area contributed by atoms with Crippen LogP contribution in [0.4, 0.5) is 10.5 Å². The van der Waals surface area contributed by atoms with Gasteiger partial charge in [0.05, 0.1) is 6.04 Å². The number of likely N-dealkylation sites (tertiary alicyclic amines) is 1. The molecule has 0 radical (unpaired) electrons. The van der Waals surface area contributed by atoms with E-state index < -0.39 is 5.60 Å². The molecule has 2 amide bonds. The minimum absolute atomic E-state index is 0.0718. The molecule has 7 heteroatoms. The first-order valence-electron chi connectivity index (χ1n) is 14.5. The summed E-state index contributed by atoms with van der Waals surface area (Å²) in [6, 6.07) is 7.40. The van der Waals surface area contributed by atoms with E-state index in [1.165, 1.54) is 38.5 Å². The van der Waals surface area contributed by atoms with Crippen molar-refractivity contribution in [1.29, 1.82) is 0 Å².